The second kappa shape index (κ2) is 5.28. The summed E-state index contributed by atoms with van der Waals surface area (Å²) in [5.74, 6) is -0.175. The Morgan fingerprint density at radius 2 is 2.19 bits per heavy atom. The van der Waals surface area contributed by atoms with Crippen LogP contribution in [0.25, 0.3) is 11.4 Å². The van der Waals surface area contributed by atoms with Crippen LogP contribution in [0.1, 0.15) is 21.8 Å². The van der Waals surface area contributed by atoms with Gasteiger partial charge in [0.15, 0.2) is 0 Å². The fourth-order valence-corrected chi connectivity index (χ4v) is 2.35. The second-order valence-electron chi connectivity index (χ2n) is 4.71. The average Bonchev–Trinajstić information content (AvgIpc) is 3.10. The van der Waals surface area contributed by atoms with E-state index in [2.05, 4.69) is 4.98 Å². The second-order valence-corrected chi connectivity index (χ2v) is 4.71. The fraction of sp³-hybridized carbons (Fsp3) is 0.125. The molecule has 0 bridgehead atoms. The number of pyridine rings is 1. The topological polar surface area (TPSA) is 68.3 Å². The van der Waals surface area contributed by atoms with Gasteiger partial charge in [-0.1, -0.05) is 6.07 Å². The molecule has 0 spiro atoms. The Morgan fingerprint density at radius 3 is 2.81 bits per heavy atom. The van der Waals surface area contributed by atoms with Crippen molar-refractivity contribution in [1.82, 2.24) is 9.55 Å². The van der Waals surface area contributed by atoms with Crippen molar-refractivity contribution in [3.05, 3.63) is 65.9 Å². The van der Waals surface area contributed by atoms with E-state index in [0.29, 0.717) is 12.2 Å². The fourth-order valence-electron chi connectivity index (χ4n) is 2.35. The first-order valence-electron chi connectivity index (χ1n) is 6.54. The first kappa shape index (κ1) is 13.2. The summed E-state index contributed by atoms with van der Waals surface area (Å²) in [5.41, 5.74) is 2.46. The van der Waals surface area contributed by atoms with Gasteiger partial charge in [-0.15, -0.1) is 0 Å². The Morgan fingerprint density at radius 1 is 1.33 bits per heavy atom. The van der Waals surface area contributed by atoms with Crippen LogP contribution in [0, 0.1) is 6.92 Å². The first-order chi connectivity index (χ1) is 10.2. The molecule has 0 aliphatic rings. The molecule has 3 aromatic heterocycles. The summed E-state index contributed by atoms with van der Waals surface area (Å²) in [6, 6.07) is 10.9. The molecule has 5 heteroatoms. The van der Waals surface area contributed by atoms with Crippen molar-refractivity contribution < 1.29 is 14.3 Å². The Hall–Kier alpha value is -2.82. The van der Waals surface area contributed by atoms with Gasteiger partial charge in [-0.2, -0.15) is 0 Å². The van der Waals surface area contributed by atoms with E-state index in [1.54, 1.807) is 25.5 Å². The quantitative estimate of drug-likeness (QED) is 0.798. The van der Waals surface area contributed by atoms with Gasteiger partial charge < -0.3 is 14.1 Å². The van der Waals surface area contributed by atoms with E-state index in [0.717, 1.165) is 17.1 Å². The maximum atomic E-state index is 11.4. The third-order valence-corrected chi connectivity index (χ3v) is 3.42. The largest absolute Gasteiger partial charge is 0.478 e. The highest BCUT2D eigenvalue weighted by Gasteiger charge is 2.19. The minimum Gasteiger partial charge on any atom is -0.478 e. The number of nitrogens with zero attached hydrogens (tertiary/aromatic N) is 2. The number of rotatable bonds is 4. The van der Waals surface area contributed by atoms with Gasteiger partial charge >= 0.3 is 5.97 Å². The van der Waals surface area contributed by atoms with Gasteiger partial charge in [-0.05, 0) is 37.3 Å². The molecule has 0 atom stereocenters. The van der Waals surface area contributed by atoms with E-state index in [1.165, 1.54) is 0 Å². The molecule has 0 radical (unpaired) electrons. The molecule has 0 unspecified atom stereocenters. The summed E-state index contributed by atoms with van der Waals surface area (Å²) in [4.78, 5) is 15.7. The van der Waals surface area contributed by atoms with Crippen LogP contribution in [0.2, 0.25) is 0 Å². The van der Waals surface area contributed by atoms with Crippen molar-refractivity contribution in [2.24, 2.45) is 0 Å². The molecule has 5 nitrogen and oxygen atoms in total. The number of aromatic carboxylic acids is 1. The highest BCUT2D eigenvalue weighted by Crippen LogP contribution is 2.25. The number of carbonyl (C=O) groups is 1. The monoisotopic (exact) mass is 282 g/mol. The van der Waals surface area contributed by atoms with Crippen LogP contribution in [0.4, 0.5) is 0 Å². The smallest absolute Gasteiger partial charge is 0.337 e. The Kier molecular flexibility index (Phi) is 3.31. The lowest BCUT2D eigenvalue weighted by atomic mass is 10.2. The standard InChI is InChI=1S/C16H14N2O3/c1-11-13(16(19)20)9-15(14-6-2-3-7-17-14)18(11)10-12-5-4-8-21-12/h2-9H,10H2,1H3,(H,19,20). The van der Waals surface area contributed by atoms with Crippen molar-refractivity contribution in [3.8, 4) is 11.4 Å². The summed E-state index contributed by atoms with van der Waals surface area (Å²) < 4.78 is 7.27. The van der Waals surface area contributed by atoms with Gasteiger partial charge in [0.2, 0.25) is 0 Å². The molecule has 21 heavy (non-hydrogen) atoms. The first-order valence-corrected chi connectivity index (χ1v) is 6.54. The lowest BCUT2D eigenvalue weighted by Gasteiger charge is -2.09. The molecule has 3 aromatic rings. The third kappa shape index (κ3) is 2.45. The van der Waals surface area contributed by atoms with E-state index in [4.69, 9.17) is 4.42 Å². The normalized spacial score (nSPS) is 10.7. The van der Waals surface area contributed by atoms with Crippen LogP contribution < -0.4 is 0 Å². The van der Waals surface area contributed by atoms with Crippen LogP contribution in [-0.4, -0.2) is 20.6 Å². The molecule has 1 N–H and O–H groups in total. The van der Waals surface area contributed by atoms with Crippen molar-refractivity contribution >= 4 is 5.97 Å². The lowest BCUT2D eigenvalue weighted by molar-refractivity contribution is 0.0696. The summed E-state index contributed by atoms with van der Waals surface area (Å²) in [7, 11) is 0. The molecule has 0 amide bonds. The van der Waals surface area contributed by atoms with Gasteiger partial charge in [-0.3, -0.25) is 4.98 Å². The molecule has 0 saturated carbocycles. The van der Waals surface area contributed by atoms with E-state index in [1.807, 2.05) is 34.9 Å². The van der Waals surface area contributed by atoms with Gasteiger partial charge in [0.1, 0.15) is 5.76 Å². The van der Waals surface area contributed by atoms with Gasteiger partial charge in [0.25, 0.3) is 0 Å². The minimum absolute atomic E-state index is 0.280. The number of carboxylic acid groups (broad SMARTS) is 1. The molecule has 106 valence electrons. The molecular weight excluding hydrogens is 268 g/mol. The van der Waals surface area contributed by atoms with E-state index >= 15 is 0 Å². The van der Waals surface area contributed by atoms with Gasteiger partial charge in [-0.25, -0.2) is 4.79 Å². The zero-order valence-corrected chi connectivity index (χ0v) is 11.5. The minimum atomic E-state index is -0.942. The Balaban J connectivity index is 2.13. The predicted octanol–water partition coefficient (Wildman–Crippen LogP) is 3.20. The highest BCUT2D eigenvalue weighted by molar-refractivity contribution is 5.91. The van der Waals surface area contributed by atoms with E-state index in [9.17, 15) is 9.90 Å². The zero-order chi connectivity index (χ0) is 14.8. The number of furan rings is 1. The Labute approximate surface area is 121 Å². The lowest BCUT2D eigenvalue weighted by Crippen LogP contribution is -2.05. The average molecular weight is 282 g/mol. The summed E-state index contributed by atoms with van der Waals surface area (Å²) in [6.45, 7) is 2.26. The highest BCUT2D eigenvalue weighted by atomic mass is 16.4. The molecular formula is C16H14N2O3. The number of hydrogen-bond acceptors (Lipinski definition) is 3. The van der Waals surface area contributed by atoms with Gasteiger partial charge in [0.05, 0.1) is 29.8 Å². The number of hydrogen-bond donors (Lipinski definition) is 1. The zero-order valence-electron chi connectivity index (χ0n) is 11.5. The third-order valence-electron chi connectivity index (χ3n) is 3.42. The van der Waals surface area contributed by atoms with Crippen LogP contribution in [-0.2, 0) is 6.54 Å². The molecule has 3 heterocycles. The van der Waals surface area contributed by atoms with Crippen molar-refractivity contribution in [3.63, 3.8) is 0 Å². The van der Waals surface area contributed by atoms with E-state index in [-0.39, 0.29) is 5.56 Å². The molecule has 0 fully saturated rings. The molecule has 0 aliphatic carbocycles. The summed E-state index contributed by atoms with van der Waals surface area (Å²) in [5, 5.41) is 9.32. The van der Waals surface area contributed by atoms with E-state index < -0.39 is 5.97 Å². The Bertz CT molecular complexity index is 758. The molecule has 0 aromatic carbocycles. The summed E-state index contributed by atoms with van der Waals surface area (Å²) >= 11 is 0. The maximum Gasteiger partial charge on any atom is 0.337 e. The molecule has 3 rings (SSSR count). The molecule has 0 saturated heterocycles. The van der Waals surface area contributed by atoms with Crippen LogP contribution in [0.3, 0.4) is 0 Å². The number of carboxylic acids is 1. The van der Waals surface area contributed by atoms with Crippen LogP contribution in [0.15, 0.2) is 53.3 Å². The van der Waals surface area contributed by atoms with Crippen molar-refractivity contribution in [2.45, 2.75) is 13.5 Å². The molecule has 0 aliphatic heterocycles. The maximum absolute atomic E-state index is 11.4. The van der Waals surface area contributed by atoms with Crippen LogP contribution in [0.5, 0.6) is 0 Å². The van der Waals surface area contributed by atoms with Crippen molar-refractivity contribution in [2.75, 3.05) is 0 Å². The van der Waals surface area contributed by atoms with Crippen LogP contribution >= 0.6 is 0 Å². The predicted molar refractivity (Wildman–Crippen MR) is 77.2 cm³/mol. The SMILES string of the molecule is Cc1c(C(=O)O)cc(-c2ccccn2)n1Cc1ccco1. The van der Waals surface area contributed by atoms with Crippen molar-refractivity contribution in [1.29, 1.82) is 0 Å². The summed E-state index contributed by atoms with van der Waals surface area (Å²) in [6.07, 6.45) is 3.29. The number of aromatic nitrogens is 2. The van der Waals surface area contributed by atoms with Gasteiger partial charge in [0, 0.05) is 11.9 Å².